The number of aromatic nitrogens is 2. The maximum atomic E-state index is 12.9. The van der Waals surface area contributed by atoms with Gasteiger partial charge in [-0.25, -0.2) is 4.98 Å². The van der Waals surface area contributed by atoms with E-state index in [2.05, 4.69) is 15.3 Å². The number of hydrogen-bond acceptors (Lipinski definition) is 6. The van der Waals surface area contributed by atoms with E-state index in [1.54, 1.807) is 44.8 Å². The van der Waals surface area contributed by atoms with Crippen LogP contribution in [0.1, 0.15) is 28.9 Å². The van der Waals surface area contributed by atoms with Gasteiger partial charge in [-0.15, -0.1) is 0 Å². The molecule has 1 aliphatic rings. The Kier molecular flexibility index (Phi) is 5.55. The second kappa shape index (κ2) is 8.03. The number of nitrogens with one attached hydrogen (secondary N) is 1. The molecule has 7 heteroatoms. The highest BCUT2D eigenvalue weighted by molar-refractivity contribution is 5.97. The number of nitrogens with zero attached hydrogens (tertiary/aromatic N) is 3. The van der Waals surface area contributed by atoms with Gasteiger partial charge in [0.15, 0.2) is 0 Å². The van der Waals surface area contributed by atoms with Crippen LogP contribution in [-0.2, 0) is 0 Å². The Morgan fingerprint density at radius 1 is 1.19 bits per heavy atom. The lowest BCUT2D eigenvalue weighted by Crippen LogP contribution is -2.42. The number of ether oxygens (including phenoxy) is 2. The second-order valence-corrected chi connectivity index (χ2v) is 6.32. The molecular formula is C19H24N4O3. The van der Waals surface area contributed by atoms with Crippen LogP contribution in [0.2, 0.25) is 0 Å². The predicted octanol–water partition coefficient (Wildman–Crippen LogP) is 2.52. The van der Waals surface area contributed by atoms with E-state index < -0.39 is 0 Å². The van der Waals surface area contributed by atoms with Crippen molar-refractivity contribution in [1.82, 2.24) is 14.9 Å². The summed E-state index contributed by atoms with van der Waals surface area (Å²) >= 11 is 0. The standard InChI is InChI=1S/C19H24N4O3/c1-13-11-20-12-18(21-13)22-14-6-8-23(9-7-14)19(24)16-5-4-15(25-2)10-17(16)26-3/h4-5,10-12,14H,6-9H2,1-3H3,(H,21,22). The third-order valence-corrected chi connectivity index (χ3v) is 4.53. The van der Waals surface area contributed by atoms with Gasteiger partial charge in [0.2, 0.25) is 0 Å². The Morgan fingerprint density at radius 2 is 1.96 bits per heavy atom. The molecule has 0 aliphatic carbocycles. The number of anilines is 1. The summed E-state index contributed by atoms with van der Waals surface area (Å²) in [6.45, 7) is 3.29. The van der Waals surface area contributed by atoms with E-state index in [1.807, 2.05) is 11.8 Å². The summed E-state index contributed by atoms with van der Waals surface area (Å²) in [6, 6.07) is 5.55. The van der Waals surface area contributed by atoms with Gasteiger partial charge in [0.1, 0.15) is 17.3 Å². The molecule has 1 aromatic carbocycles. The number of hydrogen-bond donors (Lipinski definition) is 1. The second-order valence-electron chi connectivity index (χ2n) is 6.32. The molecule has 0 spiro atoms. The minimum absolute atomic E-state index is 0.0155. The summed E-state index contributed by atoms with van der Waals surface area (Å²) in [6.07, 6.45) is 5.18. The smallest absolute Gasteiger partial charge is 0.257 e. The van der Waals surface area contributed by atoms with E-state index in [0.29, 0.717) is 30.2 Å². The normalized spacial score (nSPS) is 14.8. The molecule has 26 heavy (non-hydrogen) atoms. The van der Waals surface area contributed by atoms with E-state index in [4.69, 9.17) is 9.47 Å². The van der Waals surface area contributed by atoms with Crippen molar-refractivity contribution in [3.8, 4) is 11.5 Å². The molecule has 0 atom stereocenters. The monoisotopic (exact) mass is 356 g/mol. The number of rotatable bonds is 5. The van der Waals surface area contributed by atoms with Gasteiger partial charge >= 0.3 is 0 Å². The highest BCUT2D eigenvalue weighted by atomic mass is 16.5. The van der Waals surface area contributed by atoms with Crippen LogP contribution >= 0.6 is 0 Å². The number of likely N-dealkylation sites (tertiary alicyclic amines) is 1. The van der Waals surface area contributed by atoms with Gasteiger partial charge in [-0.1, -0.05) is 0 Å². The first kappa shape index (κ1) is 18.0. The molecule has 0 radical (unpaired) electrons. The zero-order valence-corrected chi connectivity index (χ0v) is 15.4. The number of aryl methyl sites for hydroxylation is 1. The molecule has 1 aromatic heterocycles. The average molecular weight is 356 g/mol. The van der Waals surface area contributed by atoms with Crippen LogP contribution in [-0.4, -0.2) is 54.1 Å². The van der Waals surface area contributed by atoms with E-state index in [9.17, 15) is 4.79 Å². The lowest BCUT2D eigenvalue weighted by molar-refractivity contribution is 0.0715. The quantitative estimate of drug-likeness (QED) is 0.887. The highest BCUT2D eigenvalue weighted by Crippen LogP contribution is 2.27. The highest BCUT2D eigenvalue weighted by Gasteiger charge is 2.25. The first-order valence-electron chi connectivity index (χ1n) is 8.67. The summed E-state index contributed by atoms with van der Waals surface area (Å²) in [7, 11) is 3.15. The third-order valence-electron chi connectivity index (χ3n) is 4.53. The van der Waals surface area contributed by atoms with Crippen molar-refractivity contribution in [2.75, 3.05) is 32.6 Å². The molecule has 2 aromatic rings. The third kappa shape index (κ3) is 4.04. The summed E-state index contributed by atoms with van der Waals surface area (Å²) < 4.78 is 10.5. The fourth-order valence-corrected chi connectivity index (χ4v) is 3.11. The van der Waals surface area contributed by atoms with Crippen LogP contribution in [0.4, 0.5) is 5.82 Å². The number of amides is 1. The van der Waals surface area contributed by atoms with Crippen LogP contribution in [0.3, 0.4) is 0 Å². The van der Waals surface area contributed by atoms with E-state index >= 15 is 0 Å². The Hall–Kier alpha value is -2.83. The van der Waals surface area contributed by atoms with Crippen molar-refractivity contribution in [3.05, 3.63) is 41.9 Å². The van der Waals surface area contributed by atoms with Crippen molar-refractivity contribution in [3.63, 3.8) is 0 Å². The number of piperidine rings is 1. The maximum absolute atomic E-state index is 12.9. The molecule has 3 rings (SSSR count). The molecule has 1 aliphatic heterocycles. The maximum Gasteiger partial charge on any atom is 0.257 e. The summed E-state index contributed by atoms with van der Waals surface area (Å²) in [4.78, 5) is 23.3. The van der Waals surface area contributed by atoms with Crippen LogP contribution in [0.25, 0.3) is 0 Å². The lowest BCUT2D eigenvalue weighted by Gasteiger charge is -2.33. The molecule has 0 saturated carbocycles. The number of carbonyl (C=O) groups excluding carboxylic acids is 1. The molecule has 1 fully saturated rings. The van der Waals surface area contributed by atoms with Gasteiger partial charge in [0.25, 0.3) is 5.91 Å². The van der Waals surface area contributed by atoms with Crippen molar-refractivity contribution < 1.29 is 14.3 Å². The van der Waals surface area contributed by atoms with E-state index in [0.717, 1.165) is 24.4 Å². The van der Waals surface area contributed by atoms with Crippen LogP contribution in [0, 0.1) is 6.92 Å². The molecule has 0 unspecified atom stereocenters. The van der Waals surface area contributed by atoms with Crippen molar-refractivity contribution >= 4 is 11.7 Å². The Labute approximate surface area is 153 Å². The predicted molar refractivity (Wildman–Crippen MR) is 98.9 cm³/mol. The molecule has 138 valence electrons. The topological polar surface area (TPSA) is 76.6 Å². The van der Waals surface area contributed by atoms with Crippen LogP contribution in [0.5, 0.6) is 11.5 Å². The SMILES string of the molecule is COc1ccc(C(=O)N2CCC(Nc3cncc(C)n3)CC2)c(OC)c1. The Balaban J connectivity index is 1.62. The fourth-order valence-electron chi connectivity index (χ4n) is 3.11. The van der Waals surface area contributed by atoms with Gasteiger partial charge in [-0.05, 0) is 31.9 Å². The van der Waals surface area contributed by atoms with Crippen molar-refractivity contribution in [1.29, 1.82) is 0 Å². The lowest BCUT2D eigenvalue weighted by atomic mass is 10.0. The van der Waals surface area contributed by atoms with Gasteiger partial charge < -0.3 is 19.7 Å². The van der Waals surface area contributed by atoms with Crippen LogP contribution in [0.15, 0.2) is 30.6 Å². The van der Waals surface area contributed by atoms with Gasteiger partial charge in [0.05, 0.1) is 31.7 Å². The number of carbonyl (C=O) groups is 1. The fraction of sp³-hybridized carbons (Fsp3) is 0.421. The Morgan fingerprint density at radius 3 is 2.62 bits per heavy atom. The molecule has 1 saturated heterocycles. The first-order chi connectivity index (χ1) is 12.6. The van der Waals surface area contributed by atoms with Gasteiger partial charge in [0, 0.05) is 31.4 Å². The Bertz CT molecular complexity index is 773. The van der Waals surface area contributed by atoms with Crippen molar-refractivity contribution in [2.24, 2.45) is 0 Å². The van der Waals surface area contributed by atoms with Gasteiger partial charge in [-0.2, -0.15) is 0 Å². The summed E-state index contributed by atoms with van der Waals surface area (Å²) in [5.74, 6) is 1.97. The largest absolute Gasteiger partial charge is 0.497 e. The molecule has 7 nitrogen and oxygen atoms in total. The molecule has 1 amide bonds. The first-order valence-corrected chi connectivity index (χ1v) is 8.67. The molecular weight excluding hydrogens is 332 g/mol. The zero-order valence-electron chi connectivity index (χ0n) is 15.4. The minimum atomic E-state index is -0.0155. The average Bonchev–Trinajstić information content (AvgIpc) is 2.67. The van der Waals surface area contributed by atoms with E-state index in [-0.39, 0.29) is 11.9 Å². The van der Waals surface area contributed by atoms with Gasteiger partial charge in [-0.3, -0.25) is 9.78 Å². The number of benzene rings is 1. The van der Waals surface area contributed by atoms with Crippen molar-refractivity contribution in [2.45, 2.75) is 25.8 Å². The van der Waals surface area contributed by atoms with Crippen LogP contribution < -0.4 is 14.8 Å². The van der Waals surface area contributed by atoms with E-state index in [1.165, 1.54) is 0 Å². The minimum Gasteiger partial charge on any atom is -0.497 e. The molecule has 1 N–H and O–H groups in total. The number of methoxy groups -OCH3 is 2. The zero-order chi connectivity index (χ0) is 18.5. The summed E-state index contributed by atoms with van der Waals surface area (Å²) in [5.41, 5.74) is 1.44. The molecule has 2 heterocycles. The summed E-state index contributed by atoms with van der Waals surface area (Å²) in [5, 5.41) is 3.41. The molecule has 0 bridgehead atoms.